The number of nitrogen functional groups attached to an aromatic ring is 2. The number of hydrogen-bond acceptors (Lipinski definition) is 8. The highest BCUT2D eigenvalue weighted by Gasteiger charge is 2.48. The van der Waals surface area contributed by atoms with E-state index in [1.807, 2.05) is 0 Å². The number of rotatable bonds is 4. The summed E-state index contributed by atoms with van der Waals surface area (Å²) in [5.41, 5.74) is 11.5. The van der Waals surface area contributed by atoms with Gasteiger partial charge in [-0.1, -0.05) is 0 Å². The van der Waals surface area contributed by atoms with Gasteiger partial charge in [0, 0.05) is 19.4 Å². The zero-order valence-electron chi connectivity index (χ0n) is 12.3. The van der Waals surface area contributed by atoms with Crippen molar-refractivity contribution in [2.24, 2.45) is 0 Å². The summed E-state index contributed by atoms with van der Waals surface area (Å²) in [5.74, 6) is -0.685. The Morgan fingerprint density at radius 3 is 2.87 bits per heavy atom. The maximum Gasteiger partial charge on any atom is 0.329 e. The predicted molar refractivity (Wildman–Crippen MR) is 77.6 cm³/mol. The first-order valence-corrected chi connectivity index (χ1v) is 7.07. The first-order valence-electron chi connectivity index (χ1n) is 7.07. The predicted octanol–water partition coefficient (Wildman–Crippen LogP) is -1.35. The molecular formula is C13H17N5O5. The number of anilines is 2. The molecule has 0 unspecified atom stereocenters. The van der Waals surface area contributed by atoms with Gasteiger partial charge in [0.05, 0.1) is 12.1 Å². The Labute approximate surface area is 131 Å². The summed E-state index contributed by atoms with van der Waals surface area (Å²) >= 11 is 0. The molecule has 3 rings (SSSR count). The number of aliphatic carboxylic acids is 1. The van der Waals surface area contributed by atoms with E-state index in [4.69, 9.17) is 26.0 Å². The Kier molecular flexibility index (Phi) is 3.68. The molecule has 124 valence electrons. The summed E-state index contributed by atoms with van der Waals surface area (Å²) < 4.78 is 10.7. The van der Waals surface area contributed by atoms with Gasteiger partial charge in [-0.3, -0.25) is 4.79 Å². The molecule has 10 nitrogen and oxygen atoms in total. The number of likely N-dealkylation sites (tertiary alicyclic amines) is 1. The van der Waals surface area contributed by atoms with Crippen molar-refractivity contribution < 1.29 is 24.2 Å². The standard InChI is InChI=1S/C13H17N5O5/c14-10-7-3-13(23-11(7)17-12(15)16-10)1-2-18(6-13)8(19)4-22-5-9(20)21/h1-6H2,(H,20,21)(H4,14,15,16,17)/t13-/m0/s1. The number of nitrogens with two attached hydrogens (primary N) is 2. The lowest BCUT2D eigenvalue weighted by Gasteiger charge is -2.23. The zero-order chi connectivity index (χ0) is 16.6. The number of aromatic nitrogens is 2. The summed E-state index contributed by atoms with van der Waals surface area (Å²) in [6.45, 7) is 0.0757. The third-order valence-electron chi connectivity index (χ3n) is 3.95. The molecule has 2 aliphatic rings. The van der Waals surface area contributed by atoms with Crippen molar-refractivity contribution in [1.29, 1.82) is 0 Å². The van der Waals surface area contributed by atoms with Crippen LogP contribution in [0.4, 0.5) is 11.8 Å². The van der Waals surface area contributed by atoms with Gasteiger partial charge in [0.25, 0.3) is 0 Å². The molecule has 1 amide bonds. The number of amides is 1. The highest BCUT2D eigenvalue weighted by molar-refractivity contribution is 5.78. The second-order valence-corrected chi connectivity index (χ2v) is 5.66. The van der Waals surface area contributed by atoms with E-state index in [-0.39, 0.29) is 18.5 Å². The Bertz CT molecular complexity index is 666. The van der Waals surface area contributed by atoms with E-state index in [0.717, 1.165) is 0 Å². The summed E-state index contributed by atoms with van der Waals surface area (Å²) in [7, 11) is 0. The smallest absolute Gasteiger partial charge is 0.329 e. The molecule has 0 aliphatic carbocycles. The number of ether oxygens (including phenoxy) is 2. The average molecular weight is 323 g/mol. The highest BCUT2D eigenvalue weighted by atomic mass is 16.5. The minimum atomic E-state index is -1.11. The molecule has 1 fully saturated rings. The number of fused-ring (bicyclic) bond motifs is 1. The number of nitrogens with zero attached hydrogens (tertiary/aromatic N) is 3. The van der Waals surface area contributed by atoms with E-state index in [1.165, 1.54) is 0 Å². The van der Waals surface area contributed by atoms with Gasteiger partial charge in [0.1, 0.15) is 24.6 Å². The number of carbonyl (C=O) groups is 2. The molecule has 3 heterocycles. The fraction of sp³-hybridized carbons (Fsp3) is 0.538. The van der Waals surface area contributed by atoms with Crippen molar-refractivity contribution >= 4 is 23.6 Å². The molecule has 0 bridgehead atoms. The van der Waals surface area contributed by atoms with E-state index in [9.17, 15) is 9.59 Å². The van der Waals surface area contributed by atoms with Gasteiger partial charge in [0.2, 0.25) is 17.7 Å². The lowest BCUT2D eigenvalue weighted by Crippen LogP contribution is -2.41. The Morgan fingerprint density at radius 1 is 1.35 bits per heavy atom. The van der Waals surface area contributed by atoms with Crippen LogP contribution in [-0.2, 0) is 20.7 Å². The van der Waals surface area contributed by atoms with Crippen molar-refractivity contribution in [3.63, 3.8) is 0 Å². The molecule has 1 atom stereocenters. The van der Waals surface area contributed by atoms with Crippen LogP contribution in [-0.4, -0.2) is 63.8 Å². The molecule has 10 heteroatoms. The quantitative estimate of drug-likeness (QED) is 0.610. The molecule has 0 radical (unpaired) electrons. The van der Waals surface area contributed by atoms with Crippen molar-refractivity contribution in [2.45, 2.75) is 18.4 Å². The lowest BCUT2D eigenvalue weighted by atomic mass is 9.97. The van der Waals surface area contributed by atoms with E-state index < -0.39 is 18.2 Å². The van der Waals surface area contributed by atoms with E-state index >= 15 is 0 Å². The molecule has 1 saturated heterocycles. The van der Waals surface area contributed by atoms with Gasteiger partial charge in [0.15, 0.2) is 0 Å². The third-order valence-corrected chi connectivity index (χ3v) is 3.95. The Hall–Kier alpha value is -2.62. The van der Waals surface area contributed by atoms with Crippen LogP contribution in [0.5, 0.6) is 5.88 Å². The van der Waals surface area contributed by atoms with Gasteiger partial charge >= 0.3 is 5.97 Å². The molecule has 23 heavy (non-hydrogen) atoms. The summed E-state index contributed by atoms with van der Waals surface area (Å²) in [4.78, 5) is 32.0. The van der Waals surface area contributed by atoms with Crippen molar-refractivity contribution in [3.8, 4) is 5.88 Å². The topological polar surface area (TPSA) is 154 Å². The van der Waals surface area contributed by atoms with Gasteiger partial charge in [-0.2, -0.15) is 9.97 Å². The summed E-state index contributed by atoms with van der Waals surface area (Å²) in [6.07, 6.45) is 1.13. The first kappa shape index (κ1) is 15.3. The second-order valence-electron chi connectivity index (χ2n) is 5.66. The fourth-order valence-electron chi connectivity index (χ4n) is 2.91. The van der Waals surface area contributed by atoms with Crippen LogP contribution in [0.15, 0.2) is 0 Å². The minimum absolute atomic E-state index is 0.0475. The second kappa shape index (κ2) is 5.54. The zero-order valence-corrected chi connectivity index (χ0v) is 12.3. The van der Waals surface area contributed by atoms with Crippen LogP contribution in [0.25, 0.3) is 0 Å². The van der Waals surface area contributed by atoms with Crippen LogP contribution >= 0.6 is 0 Å². The largest absolute Gasteiger partial charge is 0.480 e. The van der Waals surface area contributed by atoms with Crippen molar-refractivity contribution in [1.82, 2.24) is 14.9 Å². The Balaban J connectivity index is 1.63. The number of carboxylic acid groups (broad SMARTS) is 1. The lowest BCUT2D eigenvalue weighted by molar-refractivity contribution is -0.145. The number of carboxylic acids is 1. The van der Waals surface area contributed by atoms with Crippen LogP contribution < -0.4 is 16.2 Å². The van der Waals surface area contributed by atoms with Crippen LogP contribution in [0.1, 0.15) is 12.0 Å². The molecule has 1 aromatic heterocycles. The molecule has 0 saturated carbocycles. The molecule has 2 aliphatic heterocycles. The van der Waals surface area contributed by atoms with Crippen LogP contribution in [0.3, 0.4) is 0 Å². The van der Waals surface area contributed by atoms with Crippen molar-refractivity contribution in [2.75, 3.05) is 37.8 Å². The van der Waals surface area contributed by atoms with Gasteiger partial charge in [-0.05, 0) is 0 Å². The molecule has 1 spiro atoms. The minimum Gasteiger partial charge on any atom is -0.480 e. The SMILES string of the molecule is Nc1nc(N)c2c(n1)O[C@@]1(CCN(C(=O)COCC(=O)O)C1)C2. The third kappa shape index (κ3) is 2.97. The monoisotopic (exact) mass is 323 g/mol. The first-order chi connectivity index (χ1) is 10.9. The van der Waals surface area contributed by atoms with Gasteiger partial charge in [-0.15, -0.1) is 0 Å². The molecule has 5 N–H and O–H groups in total. The Morgan fingerprint density at radius 2 is 2.13 bits per heavy atom. The molecular weight excluding hydrogens is 306 g/mol. The van der Waals surface area contributed by atoms with Crippen molar-refractivity contribution in [3.05, 3.63) is 5.56 Å². The van der Waals surface area contributed by atoms with Crippen LogP contribution in [0, 0.1) is 0 Å². The van der Waals surface area contributed by atoms with E-state index in [1.54, 1.807) is 4.90 Å². The summed E-state index contributed by atoms with van der Waals surface area (Å²) in [6, 6.07) is 0. The van der Waals surface area contributed by atoms with E-state index in [2.05, 4.69) is 9.97 Å². The van der Waals surface area contributed by atoms with Gasteiger partial charge in [-0.25, -0.2) is 4.79 Å². The maximum absolute atomic E-state index is 12.0. The highest BCUT2D eigenvalue weighted by Crippen LogP contribution is 2.41. The van der Waals surface area contributed by atoms with E-state index in [0.29, 0.717) is 43.2 Å². The normalized spacial score (nSPS) is 22.2. The number of carbonyl (C=O) groups excluding carboxylic acids is 1. The average Bonchev–Trinajstić information content (AvgIpc) is 3.03. The summed E-state index contributed by atoms with van der Waals surface area (Å²) in [5, 5.41) is 8.50. The molecule has 0 aromatic carbocycles. The molecule has 1 aromatic rings. The number of hydrogen-bond donors (Lipinski definition) is 3. The van der Waals surface area contributed by atoms with Gasteiger partial charge < -0.3 is 30.9 Å². The fourth-order valence-corrected chi connectivity index (χ4v) is 2.91. The maximum atomic E-state index is 12.0. The van der Waals surface area contributed by atoms with Crippen LogP contribution in [0.2, 0.25) is 0 Å².